The van der Waals surface area contributed by atoms with Gasteiger partial charge in [0.15, 0.2) is 5.78 Å². The maximum Gasteiger partial charge on any atom is 1.00 e. The van der Waals surface area contributed by atoms with E-state index in [1.165, 1.54) is 6.92 Å². The van der Waals surface area contributed by atoms with Crippen molar-refractivity contribution in [1.82, 2.24) is 5.32 Å². The van der Waals surface area contributed by atoms with Gasteiger partial charge in [0.05, 0.1) is 18.4 Å². The molecule has 0 heterocycles. The summed E-state index contributed by atoms with van der Waals surface area (Å²) in [5.74, 6) is -1.52. The van der Waals surface area contributed by atoms with E-state index in [0.29, 0.717) is 24.3 Å². The van der Waals surface area contributed by atoms with E-state index < -0.39 is 18.2 Å². The number of benzene rings is 1. The average Bonchev–Trinajstić information content (AvgIpc) is 2.80. The average molecular weight is 628 g/mol. The first kappa shape index (κ1) is 35.4. The van der Waals surface area contributed by atoms with Crippen molar-refractivity contribution in [3.05, 3.63) is 51.7 Å². The first-order valence-electron chi connectivity index (χ1n) is 11.1. The fourth-order valence-corrected chi connectivity index (χ4v) is 3.38. The monoisotopic (exact) mass is 627 g/mol. The zero-order chi connectivity index (χ0) is 24.1. The second-order valence-electron chi connectivity index (χ2n) is 7.55. The van der Waals surface area contributed by atoms with E-state index in [0.717, 1.165) is 37.0 Å². The number of esters is 1. The van der Waals surface area contributed by atoms with Crippen LogP contribution in [0.25, 0.3) is 10.6 Å². The van der Waals surface area contributed by atoms with Gasteiger partial charge in [0.25, 0.3) is 0 Å². The molecule has 2 rings (SSSR count). The molecule has 2 amide bonds. The minimum Gasteiger partial charge on any atom is -0.651 e. The number of hydrogen-bond donors (Lipinski definition) is 1. The number of Topliss-reactive ketones (excluding diaryl/α,β-unsaturated/α-hetero) is 1. The molecule has 1 aromatic carbocycles. The Balaban J connectivity index is 0.00000578. The number of ether oxygens (including phenoxy) is 2. The standard InChI is InChI=1S/C24H33N3O6.2Rb/c1-17(28)33-14-5-13-32-15-12-26-22(29)16-23(30)27-19-10-8-18(9-11-19)24(31)20-6-3-4-7-21(20)25-2;;/h8-11H,3-7,12-16H2,1-2H3,(H3,25,26,27,29,30,31);;/q;2*+1/p-2. The molecule has 0 atom stereocenters. The zero-order valence-electron chi connectivity index (χ0n) is 21.2. The summed E-state index contributed by atoms with van der Waals surface area (Å²) < 4.78 is 10.0. The van der Waals surface area contributed by atoms with Gasteiger partial charge in [0.2, 0.25) is 0 Å². The SMILES string of the molecule is CNC1=C(C(=O)c2ccc([N-]C(=O)CC(=O)[N-]CCOCCCOC(C)=O)cc2)CCCC1.[Rb+].[Rb+]. The van der Waals surface area contributed by atoms with Crippen LogP contribution in [0.5, 0.6) is 0 Å². The summed E-state index contributed by atoms with van der Waals surface area (Å²) in [5.41, 5.74) is 2.73. The van der Waals surface area contributed by atoms with Crippen molar-refractivity contribution >= 4 is 29.3 Å². The first-order chi connectivity index (χ1) is 15.9. The Hall–Kier alpha value is 0.410. The summed E-state index contributed by atoms with van der Waals surface area (Å²) in [6, 6.07) is 6.49. The normalized spacial score (nSPS) is 12.5. The van der Waals surface area contributed by atoms with Crippen LogP contribution in [-0.2, 0) is 23.9 Å². The molecule has 0 fully saturated rings. The molecule has 0 bridgehead atoms. The Labute approximate surface area is 304 Å². The van der Waals surface area contributed by atoms with Crippen LogP contribution < -0.4 is 122 Å². The van der Waals surface area contributed by atoms with Crippen molar-refractivity contribution in [2.24, 2.45) is 0 Å². The van der Waals surface area contributed by atoms with Gasteiger partial charge in [-0.2, -0.15) is 0 Å². The van der Waals surface area contributed by atoms with Crippen LogP contribution in [0.2, 0.25) is 0 Å². The molecule has 0 unspecified atom stereocenters. The molecule has 1 aromatic rings. The molecular formula is C24H31N3O6Rb2. The molecule has 180 valence electrons. The second kappa shape index (κ2) is 20.4. The van der Waals surface area contributed by atoms with Gasteiger partial charge in [-0.05, 0) is 25.7 Å². The second-order valence-corrected chi connectivity index (χ2v) is 7.55. The summed E-state index contributed by atoms with van der Waals surface area (Å²) >= 11 is 0. The van der Waals surface area contributed by atoms with Crippen LogP contribution in [0.3, 0.4) is 0 Å². The van der Waals surface area contributed by atoms with Gasteiger partial charge in [-0.1, -0.05) is 24.3 Å². The van der Waals surface area contributed by atoms with E-state index >= 15 is 0 Å². The van der Waals surface area contributed by atoms with Crippen LogP contribution in [0.15, 0.2) is 35.5 Å². The van der Waals surface area contributed by atoms with Crippen molar-refractivity contribution in [2.75, 3.05) is 33.4 Å². The van der Waals surface area contributed by atoms with Crippen molar-refractivity contribution in [2.45, 2.75) is 45.4 Å². The third kappa shape index (κ3) is 14.2. The van der Waals surface area contributed by atoms with Gasteiger partial charge >= 0.3 is 122 Å². The van der Waals surface area contributed by atoms with E-state index in [9.17, 15) is 19.2 Å². The zero-order valence-corrected chi connectivity index (χ0v) is 31.1. The molecule has 9 nitrogen and oxygen atoms in total. The number of hydrogen-bond acceptors (Lipinski definition) is 7. The Bertz CT molecular complexity index is 875. The van der Waals surface area contributed by atoms with Crippen molar-refractivity contribution in [3.8, 4) is 0 Å². The van der Waals surface area contributed by atoms with Gasteiger partial charge in [-0.25, -0.2) is 0 Å². The molecule has 11 heteroatoms. The van der Waals surface area contributed by atoms with Gasteiger partial charge in [0, 0.05) is 56.9 Å². The fraction of sp³-hybridized carbons (Fsp3) is 0.500. The molecule has 1 aliphatic rings. The van der Waals surface area contributed by atoms with Crippen LogP contribution in [0, 0.1) is 0 Å². The number of ketones is 1. The molecule has 1 N–H and O–H groups in total. The largest absolute Gasteiger partial charge is 1.00 e. The number of carbonyl (C=O) groups excluding carboxylic acids is 4. The van der Waals surface area contributed by atoms with Crippen molar-refractivity contribution in [3.63, 3.8) is 0 Å². The van der Waals surface area contributed by atoms with Gasteiger partial charge < -0.3 is 35.0 Å². The number of allylic oxidation sites excluding steroid dienone is 2. The number of rotatable bonds is 13. The maximum absolute atomic E-state index is 12.8. The van der Waals surface area contributed by atoms with Crippen LogP contribution in [0.4, 0.5) is 5.69 Å². The van der Waals surface area contributed by atoms with Gasteiger partial charge in [0.1, 0.15) is 0 Å². The van der Waals surface area contributed by atoms with E-state index in [1.54, 1.807) is 24.3 Å². The first-order valence-corrected chi connectivity index (χ1v) is 11.1. The molecule has 0 radical (unpaired) electrons. The quantitative estimate of drug-likeness (QED) is 0.113. The van der Waals surface area contributed by atoms with Gasteiger partial charge in [-0.3, -0.25) is 9.59 Å². The predicted octanol–water partition coefficient (Wildman–Crippen LogP) is -2.28. The maximum atomic E-state index is 12.8. The van der Waals surface area contributed by atoms with Crippen molar-refractivity contribution < 1.29 is 145 Å². The number of nitrogens with one attached hydrogen (secondary N) is 1. The van der Waals surface area contributed by atoms with E-state index in [1.807, 2.05) is 7.05 Å². The molecule has 35 heavy (non-hydrogen) atoms. The third-order valence-electron chi connectivity index (χ3n) is 4.99. The molecule has 0 aromatic heterocycles. The Morgan fingerprint density at radius 1 is 0.943 bits per heavy atom. The van der Waals surface area contributed by atoms with Gasteiger partial charge in [-0.15, -0.1) is 12.2 Å². The van der Waals surface area contributed by atoms with E-state index in [4.69, 9.17) is 9.47 Å². The minimum absolute atomic E-state index is 0. The summed E-state index contributed by atoms with van der Waals surface area (Å²) in [5, 5.41) is 10.8. The predicted molar refractivity (Wildman–Crippen MR) is 123 cm³/mol. The molecule has 0 saturated heterocycles. The van der Waals surface area contributed by atoms with E-state index in [2.05, 4.69) is 16.0 Å². The van der Waals surface area contributed by atoms with Crippen LogP contribution >= 0.6 is 0 Å². The Kier molecular flexibility index (Phi) is 20.6. The Morgan fingerprint density at radius 2 is 1.63 bits per heavy atom. The molecule has 0 aliphatic heterocycles. The molecule has 1 aliphatic carbocycles. The van der Waals surface area contributed by atoms with Crippen LogP contribution in [-0.4, -0.2) is 57.0 Å². The van der Waals surface area contributed by atoms with E-state index in [-0.39, 0.29) is 148 Å². The molecular weight excluding hydrogens is 597 g/mol. The number of nitrogens with zero attached hydrogens (tertiary/aromatic N) is 2. The summed E-state index contributed by atoms with van der Waals surface area (Å²) in [6.45, 7) is 2.38. The minimum atomic E-state index is -0.599. The molecule has 0 spiro atoms. The number of carbonyl (C=O) groups is 4. The summed E-state index contributed by atoms with van der Waals surface area (Å²) in [6.07, 6.45) is 3.83. The third-order valence-corrected chi connectivity index (χ3v) is 4.99. The Morgan fingerprint density at radius 3 is 2.29 bits per heavy atom. The topological polar surface area (TPSA) is 127 Å². The summed E-state index contributed by atoms with van der Waals surface area (Å²) in [7, 11) is 1.83. The molecule has 0 saturated carbocycles. The number of amides is 2. The fourth-order valence-electron chi connectivity index (χ4n) is 3.38. The van der Waals surface area contributed by atoms with Crippen LogP contribution in [0.1, 0.15) is 55.8 Å². The smallest absolute Gasteiger partial charge is 0.651 e. The van der Waals surface area contributed by atoms with Crippen molar-refractivity contribution in [1.29, 1.82) is 0 Å². The summed E-state index contributed by atoms with van der Waals surface area (Å²) in [4.78, 5) is 47.2.